The Bertz CT molecular complexity index is 726. The second-order valence-corrected chi connectivity index (χ2v) is 7.04. The fourth-order valence-electron chi connectivity index (χ4n) is 3.81. The van der Waals surface area contributed by atoms with E-state index >= 15 is 0 Å². The first-order valence-corrected chi connectivity index (χ1v) is 9.80. The van der Waals surface area contributed by atoms with E-state index in [1.807, 2.05) is 22.9 Å². The summed E-state index contributed by atoms with van der Waals surface area (Å²) in [5, 5.41) is 10.2. The lowest BCUT2D eigenvalue weighted by Crippen LogP contribution is -2.36. The van der Waals surface area contributed by atoms with Crippen molar-refractivity contribution in [1.29, 1.82) is 0 Å². The number of aromatic nitrogens is 3. The topological polar surface area (TPSA) is 83.3 Å². The fourth-order valence-corrected chi connectivity index (χ4v) is 3.81. The molecule has 0 bridgehead atoms. The minimum Gasteiger partial charge on any atom is -0.400 e. The first-order valence-electron chi connectivity index (χ1n) is 9.80. The van der Waals surface area contributed by atoms with Crippen LogP contribution in [0.4, 0.5) is 5.69 Å². The number of carbonyl (C=O) groups is 1. The van der Waals surface area contributed by atoms with E-state index in [0.717, 1.165) is 44.5 Å². The highest BCUT2D eigenvalue weighted by atomic mass is 16.2. The zero-order valence-corrected chi connectivity index (χ0v) is 16.0. The molecule has 7 heteroatoms. The molecule has 1 aliphatic heterocycles. The van der Waals surface area contributed by atoms with Gasteiger partial charge in [-0.25, -0.2) is 9.97 Å². The van der Waals surface area contributed by atoms with Gasteiger partial charge in [0, 0.05) is 51.8 Å². The standard InChI is InChI=1S/C19H25N5O.CH4O.H2/c25-19(21-15-6-2-1-3-7-15)17-12-16(23-9-4-5-10-23)13-18(22-17)24-11-8-20-14-24;1-2;/h8,11-15H,1-7,9-10H2,(H,21,25);2H,1H3;1H. The van der Waals surface area contributed by atoms with Crippen molar-refractivity contribution in [2.45, 2.75) is 51.0 Å². The van der Waals surface area contributed by atoms with Crippen LogP contribution in [0.3, 0.4) is 0 Å². The molecule has 2 N–H and O–H groups in total. The number of hydrogen-bond acceptors (Lipinski definition) is 5. The maximum atomic E-state index is 12.8. The number of pyridine rings is 1. The molecule has 1 saturated heterocycles. The summed E-state index contributed by atoms with van der Waals surface area (Å²) in [6, 6.07) is 4.27. The summed E-state index contributed by atoms with van der Waals surface area (Å²) in [6.45, 7) is 2.08. The normalized spacial score (nSPS) is 17.3. The van der Waals surface area contributed by atoms with E-state index < -0.39 is 0 Å². The molecule has 7 nitrogen and oxygen atoms in total. The lowest BCUT2D eigenvalue weighted by atomic mass is 9.95. The second-order valence-electron chi connectivity index (χ2n) is 7.04. The van der Waals surface area contributed by atoms with Gasteiger partial charge >= 0.3 is 0 Å². The SMILES string of the molecule is CO.O=C(NC1CCCCC1)c1cc(N2CCCC2)cc(-n2ccnc2)n1.[HH]. The number of imidazole rings is 1. The zero-order valence-electron chi connectivity index (χ0n) is 16.0. The van der Waals surface area contributed by atoms with Crippen molar-refractivity contribution in [3.8, 4) is 5.82 Å². The van der Waals surface area contributed by atoms with E-state index in [4.69, 9.17) is 5.11 Å². The molecule has 3 heterocycles. The third kappa shape index (κ3) is 4.86. The summed E-state index contributed by atoms with van der Waals surface area (Å²) in [5.74, 6) is 0.685. The molecule has 0 radical (unpaired) electrons. The van der Waals surface area contributed by atoms with Crippen molar-refractivity contribution in [1.82, 2.24) is 19.9 Å². The molecule has 2 aromatic heterocycles. The van der Waals surface area contributed by atoms with Crippen LogP contribution < -0.4 is 10.2 Å². The van der Waals surface area contributed by atoms with Gasteiger partial charge in [0.05, 0.1) is 0 Å². The van der Waals surface area contributed by atoms with Gasteiger partial charge in [0.1, 0.15) is 17.8 Å². The summed E-state index contributed by atoms with van der Waals surface area (Å²) < 4.78 is 1.86. The minimum atomic E-state index is -0.0608. The molecule has 0 unspecified atom stereocenters. The number of anilines is 1. The number of amides is 1. The Balaban J connectivity index is 0.000000906. The van der Waals surface area contributed by atoms with Crippen molar-refractivity contribution < 1.29 is 11.3 Å². The van der Waals surface area contributed by atoms with Crippen molar-refractivity contribution in [2.24, 2.45) is 0 Å². The van der Waals surface area contributed by atoms with E-state index in [1.54, 1.807) is 12.5 Å². The largest absolute Gasteiger partial charge is 0.400 e. The molecule has 2 fully saturated rings. The minimum absolute atomic E-state index is 0. The molecule has 4 rings (SSSR count). The van der Waals surface area contributed by atoms with Gasteiger partial charge in [-0.2, -0.15) is 0 Å². The molecule has 1 aliphatic carbocycles. The third-order valence-corrected chi connectivity index (χ3v) is 5.21. The zero-order chi connectivity index (χ0) is 19.1. The van der Waals surface area contributed by atoms with Crippen LogP contribution in [0.25, 0.3) is 5.82 Å². The van der Waals surface area contributed by atoms with Gasteiger partial charge in [-0.05, 0) is 31.7 Å². The molecule has 1 amide bonds. The van der Waals surface area contributed by atoms with E-state index in [-0.39, 0.29) is 13.4 Å². The van der Waals surface area contributed by atoms with E-state index in [0.29, 0.717) is 5.69 Å². The highest BCUT2D eigenvalue weighted by Crippen LogP contribution is 2.24. The Hall–Kier alpha value is -2.41. The Morgan fingerprint density at radius 3 is 2.56 bits per heavy atom. The number of nitrogens with one attached hydrogen (secondary N) is 1. The lowest BCUT2D eigenvalue weighted by Gasteiger charge is -2.23. The molecular formula is C20H31N5O2. The number of carbonyl (C=O) groups excluding carboxylic acids is 1. The quantitative estimate of drug-likeness (QED) is 0.861. The van der Waals surface area contributed by atoms with E-state index in [2.05, 4.69) is 20.2 Å². The molecule has 2 aliphatic rings. The smallest absolute Gasteiger partial charge is 0.270 e. The summed E-state index contributed by atoms with van der Waals surface area (Å²) in [4.78, 5) is 23.8. The van der Waals surface area contributed by atoms with Gasteiger partial charge in [-0.15, -0.1) is 0 Å². The predicted octanol–water partition coefficient (Wildman–Crippen LogP) is 2.78. The summed E-state index contributed by atoms with van der Waals surface area (Å²) in [7, 11) is 1.00. The van der Waals surface area contributed by atoms with Crippen molar-refractivity contribution >= 4 is 11.6 Å². The van der Waals surface area contributed by atoms with Crippen molar-refractivity contribution in [3.63, 3.8) is 0 Å². The molecule has 1 saturated carbocycles. The highest BCUT2D eigenvalue weighted by molar-refractivity contribution is 5.93. The first kappa shape index (κ1) is 19.4. The Morgan fingerprint density at radius 1 is 1.15 bits per heavy atom. The van der Waals surface area contributed by atoms with Crippen LogP contribution in [0.1, 0.15) is 56.9 Å². The third-order valence-electron chi connectivity index (χ3n) is 5.21. The van der Waals surface area contributed by atoms with Gasteiger partial charge in [0.25, 0.3) is 5.91 Å². The second kappa shape index (κ2) is 9.50. The summed E-state index contributed by atoms with van der Waals surface area (Å²) in [5.41, 5.74) is 1.57. The van der Waals surface area contributed by atoms with Crippen LogP contribution in [0.5, 0.6) is 0 Å². The van der Waals surface area contributed by atoms with Crippen LogP contribution >= 0.6 is 0 Å². The highest BCUT2D eigenvalue weighted by Gasteiger charge is 2.20. The van der Waals surface area contributed by atoms with Crippen LogP contribution in [-0.4, -0.2) is 51.8 Å². The monoisotopic (exact) mass is 373 g/mol. The summed E-state index contributed by atoms with van der Waals surface area (Å²) in [6.07, 6.45) is 13.5. The number of aliphatic hydroxyl groups is 1. The molecular weight excluding hydrogens is 342 g/mol. The van der Waals surface area contributed by atoms with Crippen molar-refractivity contribution in [2.75, 3.05) is 25.1 Å². The molecule has 2 aromatic rings. The Labute approximate surface area is 161 Å². The number of rotatable bonds is 4. The predicted molar refractivity (Wildman–Crippen MR) is 107 cm³/mol. The van der Waals surface area contributed by atoms with Crippen molar-refractivity contribution in [3.05, 3.63) is 36.5 Å². The van der Waals surface area contributed by atoms with Gasteiger partial charge in [0.15, 0.2) is 0 Å². The fraction of sp³-hybridized carbons (Fsp3) is 0.550. The van der Waals surface area contributed by atoms with Gasteiger partial charge < -0.3 is 15.3 Å². The average molecular weight is 374 g/mol. The average Bonchev–Trinajstić information content (AvgIpc) is 3.44. The number of aliphatic hydroxyl groups excluding tert-OH is 1. The molecule has 148 valence electrons. The van der Waals surface area contributed by atoms with Crippen LogP contribution in [0.2, 0.25) is 0 Å². The van der Waals surface area contributed by atoms with Gasteiger partial charge in [-0.1, -0.05) is 19.3 Å². The molecule has 27 heavy (non-hydrogen) atoms. The summed E-state index contributed by atoms with van der Waals surface area (Å²) >= 11 is 0. The van der Waals surface area contributed by atoms with Crippen LogP contribution in [0, 0.1) is 0 Å². The number of nitrogens with zero attached hydrogens (tertiary/aromatic N) is 4. The maximum absolute atomic E-state index is 12.8. The maximum Gasteiger partial charge on any atom is 0.270 e. The Morgan fingerprint density at radius 2 is 1.89 bits per heavy atom. The molecule has 0 atom stereocenters. The lowest BCUT2D eigenvalue weighted by molar-refractivity contribution is 0.0922. The van der Waals surface area contributed by atoms with Crippen LogP contribution in [-0.2, 0) is 0 Å². The van der Waals surface area contributed by atoms with Gasteiger partial charge in [-0.3, -0.25) is 9.36 Å². The van der Waals surface area contributed by atoms with E-state index in [1.165, 1.54) is 32.1 Å². The molecule has 0 aromatic carbocycles. The van der Waals surface area contributed by atoms with Crippen LogP contribution in [0.15, 0.2) is 30.9 Å². The molecule has 0 spiro atoms. The Kier molecular flexibility index (Phi) is 6.81. The first-order chi connectivity index (χ1) is 13.3. The number of hydrogen-bond donors (Lipinski definition) is 2. The van der Waals surface area contributed by atoms with E-state index in [9.17, 15) is 4.79 Å². The van der Waals surface area contributed by atoms with Gasteiger partial charge in [0.2, 0.25) is 0 Å².